The molecule has 112 valence electrons. The number of aryl methyl sites for hydroxylation is 1. The quantitative estimate of drug-likeness (QED) is 0.805. The van der Waals surface area contributed by atoms with Crippen molar-refractivity contribution in [3.05, 3.63) is 29.8 Å². The van der Waals surface area contributed by atoms with Gasteiger partial charge >= 0.3 is 0 Å². The number of hydrogen-bond donors (Lipinski definition) is 2. The van der Waals surface area contributed by atoms with Crippen molar-refractivity contribution >= 4 is 0 Å². The largest absolute Gasteiger partial charge is 0.491 e. The van der Waals surface area contributed by atoms with Crippen molar-refractivity contribution in [1.82, 2.24) is 5.32 Å². The van der Waals surface area contributed by atoms with Gasteiger partial charge in [0, 0.05) is 12.6 Å². The molecule has 3 nitrogen and oxygen atoms in total. The van der Waals surface area contributed by atoms with Gasteiger partial charge in [-0.3, -0.25) is 0 Å². The fraction of sp³-hybridized carbons (Fsp3) is 0.647. The molecule has 20 heavy (non-hydrogen) atoms. The van der Waals surface area contributed by atoms with Gasteiger partial charge in [0.05, 0.1) is 0 Å². The molecule has 1 aliphatic rings. The molecule has 1 fully saturated rings. The molecule has 0 radical (unpaired) electrons. The van der Waals surface area contributed by atoms with Gasteiger partial charge in [-0.25, -0.2) is 0 Å². The Hall–Kier alpha value is -1.06. The van der Waals surface area contributed by atoms with Gasteiger partial charge < -0.3 is 15.2 Å². The first-order chi connectivity index (χ1) is 9.69. The molecule has 3 heteroatoms. The van der Waals surface area contributed by atoms with Crippen LogP contribution >= 0.6 is 0 Å². The Morgan fingerprint density at radius 1 is 1.30 bits per heavy atom. The van der Waals surface area contributed by atoms with Gasteiger partial charge in [0.1, 0.15) is 18.5 Å². The van der Waals surface area contributed by atoms with E-state index in [0.717, 1.165) is 18.1 Å². The molecule has 2 rings (SSSR count). The fourth-order valence-electron chi connectivity index (χ4n) is 2.81. The third-order valence-electron chi connectivity index (χ3n) is 4.25. The van der Waals surface area contributed by atoms with E-state index in [-0.39, 0.29) is 0 Å². The summed E-state index contributed by atoms with van der Waals surface area (Å²) in [5.74, 6) is 1.56. The highest BCUT2D eigenvalue weighted by Crippen LogP contribution is 2.24. The lowest BCUT2D eigenvalue weighted by molar-refractivity contribution is 0.102. The topological polar surface area (TPSA) is 41.5 Å². The minimum Gasteiger partial charge on any atom is -0.491 e. The molecule has 0 spiro atoms. The molecule has 0 bridgehead atoms. The summed E-state index contributed by atoms with van der Waals surface area (Å²) >= 11 is 0. The maximum Gasteiger partial charge on any atom is 0.119 e. The number of aliphatic hydroxyl groups excluding tert-OH is 1. The van der Waals surface area contributed by atoms with E-state index in [2.05, 4.69) is 31.3 Å². The Kier molecular flexibility index (Phi) is 5.86. The number of nitrogens with one attached hydrogen (secondary N) is 1. The lowest BCUT2D eigenvalue weighted by Crippen LogP contribution is -2.39. The van der Waals surface area contributed by atoms with Crippen LogP contribution in [0.25, 0.3) is 0 Å². The second kappa shape index (κ2) is 7.65. The summed E-state index contributed by atoms with van der Waals surface area (Å²) in [6, 6.07) is 8.64. The molecule has 1 aliphatic carbocycles. The van der Waals surface area contributed by atoms with E-state index >= 15 is 0 Å². The average Bonchev–Trinajstić information content (AvgIpc) is 2.89. The third-order valence-corrected chi connectivity index (χ3v) is 4.25. The van der Waals surface area contributed by atoms with Crippen LogP contribution in [-0.2, 0) is 6.42 Å². The minimum absolute atomic E-state index is 0.347. The van der Waals surface area contributed by atoms with Crippen LogP contribution in [0, 0.1) is 5.92 Å². The summed E-state index contributed by atoms with van der Waals surface area (Å²) in [6.07, 6.45) is 4.41. The predicted molar refractivity (Wildman–Crippen MR) is 82.1 cm³/mol. The van der Waals surface area contributed by atoms with Crippen LogP contribution in [0.2, 0.25) is 0 Å². The molecule has 0 aliphatic heterocycles. The fourth-order valence-corrected chi connectivity index (χ4v) is 2.81. The van der Waals surface area contributed by atoms with E-state index in [1.54, 1.807) is 0 Å². The van der Waals surface area contributed by atoms with Gasteiger partial charge in [0.25, 0.3) is 0 Å². The Labute approximate surface area is 122 Å². The molecule has 1 saturated carbocycles. The van der Waals surface area contributed by atoms with Crippen molar-refractivity contribution in [1.29, 1.82) is 0 Å². The first-order valence-electron chi connectivity index (χ1n) is 7.82. The van der Waals surface area contributed by atoms with Crippen molar-refractivity contribution < 1.29 is 9.84 Å². The van der Waals surface area contributed by atoms with E-state index < -0.39 is 6.10 Å². The number of benzene rings is 1. The Morgan fingerprint density at radius 3 is 2.65 bits per heavy atom. The number of ether oxygens (including phenoxy) is 1. The molecule has 0 heterocycles. The second-order valence-electron chi connectivity index (χ2n) is 5.89. The predicted octanol–water partition coefficient (Wildman–Crippen LogP) is 2.77. The molecule has 0 saturated heterocycles. The van der Waals surface area contributed by atoms with Crippen molar-refractivity contribution in [3.8, 4) is 5.75 Å². The monoisotopic (exact) mass is 277 g/mol. The lowest BCUT2D eigenvalue weighted by Gasteiger charge is -2.20. The molecule has 1 aromatic carbocycles. The summed E-state index contributed by atoms with van der Waals surface area (Å²) < 4.78 is 5.62. The molecule has 0 aromatic heterocycles. The highest BCUT2D eigenvalue weighted by Gasteiger charge is 2.23. The highest BCUT2D eigenvalue weighted by molar-refractivity contribution is 5.27. The van der Waals surface area contributed by atoms with Crippen LogP contribution in [0.15, 0.2) is 24.3 Å². The summed E-state index contributed by atoms with van der Waals surface area (Å²) in [7, 11) is 0. The van der Waals surface area contributed by atoms with Gasteiger partial charge in [-0.2, -0.15) is 0 Å². The van der Waals surface area contributed by atoms with Crippen LogP contribution in [0.3, 0.4) is 0 Å². The Morgan fingerprint density at radius 2 is 2.05 bits per heavy atom. The minimum atomic E-state index is -0.450. The van der Waals surface area contributed by atoms with E-state index in [0.29, 0.717) is 19.2 Å². The normalized spacial score (nSPS) is 23.8. The van der Waals surface area contributed by atoms with E-state index in [1.807, 2.05) is 12.1 Å². The van der Waals surface area contributed by atoms with E-state index in [1.165, 1.54) is 24.8 Å². The van der Waals surface area contributed by atoms with Crippen LogP contribution in [0.4, 0.5) is 0 Å². The first kappa shape index (κ1) is 15.3. The zero-order valence-electron chi connectivity index (χ0n) is 12.6. The second-order valence-corrected chi connectivity index (χ2v) is 5.89. The molecular formula is C17H27NO2. The third kappa shape index (κ3) is 4.50. The molecule has 1 aromatic rings. The summed E-state index contributed by atoms with van der Waals surface area (Å²) in [5.41, 5.74) is 1.30. The molecular weight excluding hydrogens is 250 g/mol. The van der Waals surface area contributed by atoms with Crippen molar-refractivity contribution in [2.45, 2.75) is 51.7 Å². The Bertz CT molecular complexity index is 390. The molecule has 2 N–H and O–H groups in total. The Balaban J connectivity index is 1.67. The summed E-state index contributed by atoms with van der Waals surface area (Å²) in [4.78, 5) is 0. The van der Waals surface area contributed by atoms with Crippen molar-refractivity contribution in [2.75, 3.05) is 13.2 Å². The van der Waals surface area contributed by atoms with Crippen LogP contribution < -0.4 is 10.1 Å². The van der Waals surface area contributed by atoms with Crippen LogP contribution in [0.5, 0.6) is 5.75 Å². The molecule has 0 amide bonds. The van der Waals surface area contributed by atoms with E-state index in [4.69, 9.17) is 4.74 Å². The van der Waals surface area contributed by atoms with Gasteiger partial charge in [-0.05, 0) is 42.9 Å². The van der Waals surface area contributed by atoms with Crippen LogP contribution in [0.1, 0.15) is 38.7 Å². The summed E-state index contributed by atoms with van der Waals surface area (Å²) in [5, 5.41) is 13.4. The smallest absolute Gasteiger partial charge is 0.119 e. The van der Waals surface area contributed by atoms with Gasteiger partial charge in [0.15, 0.2) is 0 Å². The zero-order valence-corrected chi connectivity index (χ0v) is 12.6. The van der Waals surface area contributed by atoms with E-state index in [9.17, 15) is 5.11 Å². The highest BCUT2D eigenvalue weighted by atomic mass is 16.5. The standard InChI is InChI=1S/C17H27NO2/c1-3-14-7-9-16(10-8-14)20-12-15(19)11-18-17-6-4-5-13(17)2/h7-10,13,15,17-19H,3-6,11-12H2,1-2H3. The summed E-state index contributed by atoms with van der Waals surface area (Å²) in [6.45, 7) is 5.37. The van der Waals surface area contributed by atoms with Crippen molar-refractivity contribution in [3.63, 3.8) is 0 Å². The molecule has 3 unspecified atom stereocenters. The zero-order chi connectivity index (χ0) is 14.4. The number of aliphatic hydroxyl groups is 1. The van der Waals surface area contributed by atoms with Crippen molar-refractivity contribution in [2.24, 2.45) is 5.92 Å². The number of rotatable bonds is 7. The van der Waals surface area contributed by atoms with Gasteiger partial charge in [-0.1, -0.05) is 32.4 Å². The number of hydrogen-bond acceptors (Lipinski definition) is 3. The average molecular weight is 277 g/mol. The SMILES string of the molecule is CCc1ccc(OCC(O)CNC2CCCC2C)cc1. The van der Waals surface area contributed by atoms with Crippen LogP contribution in [-0.4, -0.2) is 30.4 Å². The maximum absolute atomic E-state index is 9.97. The first-order valence-corrected chi connectivity index (χ1v) is 7.82. The molecule has 3 atom stereocenters. The van der Waals surface area contributed by atoms with Gasteiger partial charge in [0.2, 0.25) is 0 Å². The van der Waals surface area contributed by atoms with Gasteiger partial charge in [-0.15, -0.1) is 0 Å². The maximum atomic E-state index is 9.97. The lowest BCUT2D eigenvalue weighted by atomic mass is 10.1.